The lowest BCUT2D eigenvalue weighted by Gasteiger charge is -2.27. The van der Waals surface area contributed by atoms with Crippen LogP contribution in [0.4, 0.5) is 5.95 Å². The van der Waals surface area contributed by atoms with Gasteiger partial charge in [0.1, 0.15) is 5.69 Å². The van der Waals surface area contributed by atoms with Crippen LogP contribution in [0, 0.1) is 6.92 Å². The van der Waals surface area contributed by atoms with E-state index in [1.165, 1.54) is 0 Å². The molecular formula is C20H26ClN5O2. The fraction of sp³-hybridized carbons (Fsp3) is 0.450. The number of nitrogens with zero attached hydrogens (tertiary/aromatic N) is 4. The Morgan fingerprint density at radius 3 is 2.71 bits per heavy atom. The first-order valence-electron chi connectivity index (χ1n) is 9.32. The van der Waals surface area contributed by atoms with Crippen LogP contribution in [0.2, 0.25) is 5.02 Å². The Kier molecular flexibility index (Phi) is 6.83. The zero-order chi connectivity index (χ0) is 20.1. The fourth-order valence-electron chi connectivity index (χ4n) is 3.17. The second-order valence-corrected chi connectivity index (χ2v) is 7.47. The molecular weight excluding hydrogens is 378 g/mol. The number of aromatic nitrogens is 2. The number of hydrogen-bond donors (Lipinski definition) is 1. The summed E-state index contributed by atoms with van der Waals surface area (Å²) in [7, 11) is 3.95. The molecule has 1 fully saturated rings. The number of benzene rings is 1. The minimum absolute atomic E-state index is 0.00398. The number of halogens is 1. The van der Waals surface area contributed by atoms with Gasteiger partial charge < -0.3 is 19.9 Å². The largest absolute Gasteiger partial charge is 0.378 e. The number of hydrogen-bond acceptors (Lipinski definition) is 6. The van der Waals surface area contributed by atoms with Crippen molar-refractivity contribution in [1.29, 1.82) is 0 Å². The molecule has 0 radical (unpaired) electrons. The van der Waals surface area contributed by atoms with E-state index in [-0.39, 0.29) is 11.9 Å². The zero-order valence-corrected chi connectivity index (χ0v) is 17.2. The monoisotopic (exact) mass is 403 g/mol. The number of aryl methyl sites for hydroxylation is 1. The molecule has 1 aliphatic rings. The molecule has 3 rings (SSSR count). The minimum Gasteiger partial charge on any atom is -0.378 e. The van der Waals surface area contributed by atoms with Crippen LogP contribution in [-0.2, 0) is 4.74 Å². The molecule has 1 aliphatic heterocycles. The van der Waals surface area contributed by atoms with E-state index in [2.05, 4.69) is 20.2 Å². The average molecular weight is 404 g/mol. The highest BCUT2D eigenvalue weighted by Crippen LogP contribution is 2.21. The highest BCUT2D eigenvalue weighted by atomic mass is 35.5. The predicted molar refractivity (Wildman–Crippen MR) is 110 cm³/mol. The van der Waals surface area contributed by atoms with E-state index in [0.717, 1.165) is 24.3 Å². The first-order chi connectivity index (χ1) is 13.4. The van der Waals surface area contributed by atoms with Gasteiger partial charge in [0.05, 0.1) is 19.3 Å². The maximum atomic E-state index is 12.8. The number of anilines is 1. The number of rotatable bonds is 6. The van der Waals surface area contributed by atoms with Crippen molar-refractivity contribution < 1.29 is 9.53 Å². The SMILES string of the molecule is Cc1cc(C(=O)NCC(c2cccc(Cl)c2)N(C)C)nc(N2CCOCC2)n1. The summed E-state index contributed by atoms with van der Waals surface area (Å²) in [5.41, 5.74) is 2.18. The standard InChI is InChI=1S/C20H26ClN5O2/c1-14-11-17(24-20(23-14)26-7-9-28-10-8-26)19(27)22-13-18(25(2)3)15-5-4-6-16(21)12-15/h4-6,11-12,18H,7-10,13H2,1-3H3,(H,22,27). The zero-order valence-electron chi connectivity index (χ0n) is 16.5. The maximum Gasteiger partial charge on any atom is 0.270 e. The lowest BCUT2D eigenvalue weighted by molar-refractivity contribution is 0.0936. The van der Waals surface area contributed by atoms with Gasteiger partial charge in [-0.15, -0.1) is 0 Å². The number of morpholine rings is 1. The predicted octanol–water partition coefficient (Wildman–Crippen LogP) is 2.31. The van der Waals surface area contributed by atoms with E-state index < -0.39 is 0 Å². The van der Waals surface area contributed by atoms with E-state index >= 15 is 0 Å². The molecule has 0 spiro atoms. The van der Waals surface area contributed by atoms with Crippen molar-refractivity contribution in [2.45, 2.75) is 13.0 Å². The third-order valence-corrected chi connectivity index (χ3v) is 4.92. The summed E-state index contributed by atoms with van der Waals surface area (Å²) in [5, 5.41) is 3.68. The summed E-state index contributed by atoms with van der Waals surface area (Å²) in [4.78, 5) is 25.8. The highest BCUT2D eigenvalue weighted by Gasteiger charge is 2.19. The Morgan fingerprint density at radius 2 is 2.04 bits per heavy atom. The number of carbonyl (C=O) groups is 1. The molecule has 150 valence electrons. The molecule has 1 saturated heterocycles. The van der Waals surface area contributed by atoms with Crippen molar-refractivity contribution in [1.82, 2.24) is 20.2 Å². The van der Waals surface area contributed by atoms with Gasteiger partial charge in [0.2, 0.25) is 5.95 Å². The van der Waals surface area contributed by atoms with Gasteiger partial charge in [0.15, 0.2) is 0 Å². The number of amides is 1. The van der Waals surface area contributed by atoms with Crippen molar-refractivity contribution in [2.75, 3.05) is 51.8 Å². The van der Waals surface area contributed by atoms with E-state index in [1.54, 1.807) is 6.07 Å². The summed E-state index contributed by atoms with van der Waals surface area (Å²) >= 11 is 6.12. The molecule has 1 aromatic carbocycles. The van der Waals surface area contributed by atoms with Crippen molar-refractivity contribution in [3.8, 4) is 0 Å². The second-order valence-electron chi connectivity index (χ2n) is 7.04. The Hall–Kier alpha value is -2.22. The van der Waals surface area contributed by atoms with Crippen molar-refractivity contribution >= 4 is 23.5 Å². The average Bonchev–Trinajstić information content (AvgIpc) is 2.68. The van der Waals surface area contributed by atoms with Crippen LogP contribution in [0.15, 0.2) is 30.3 Å². The van der Waals surface area contributed by atoms with Gasteiger partial charge in [-0.2, -0.15) is 0 Å². The lowest BCUT2D eigenvalue weighted by Crippen LogP contribution is -2.38. The molecule has 1 aromatic heterocycles. The van der Waals surface area contributed by atoms with Gasteiger partial charge in [-0.1, -0.05) is 23.7 Å². The smallest absolute Gasteiger partial charge is 0.270 e. The van der Waals surface area contributed by atoms with Crippen molar-refractivity contribution in [3.63, 3.8) is 0 Å². The molecule has 1 atom stereocenters. The molecule has 8 heteroatoms. The maximum absolute atomic E-state index is 12.8. The van der Waals surface area contributed by atoms with Gasteiger partial charge in [-0.05, 0) is 44.8 Å². The van der Waals surface area contributed by atoms with Gasteiger partial charge in [-0.3, -0.25) is 4.79 Å². The number of carbonyl (C=O) groups excluding carboxylic acids is 1. The van der Waals surface area contributed by atoms with Crippen molar-refractivity contribution in [2.24, 2.45) is 0 Å². The van der Waals surface area contributed by atoms with E-state index in [4.69, 9.17) is 16.3 Å². The minimum atomic E-state index is -0.214. The summed E-state index contributed by atoms with van der Waals surface area (Å²) in [6.45, 7) is 5.05. The van der Waals surface area contributed by atoms with Crippen LogP contribution in [0.25, 0.3) is 0 Å². The van der Waals surface area contributed by atoms with Crippen LogP contribution in [-0.4, -0.2) is 67.7 Å². The van der Waals surface area contributed by atoms with Gasteiger partial charge in [-0.25, -0.2) is 9.97 Å². The molecule has 2 heterocycles. The summed E-state index contributed by atoms with van der Waals surface area (Å²) in [6.07, 6.45) is 0. The first kappa shape index (κ1) is 20.5. The van der Waals surface area contributed by atoms with E-state index in [1.807, 2.05) is 50.2 Å². The van der Waals surface area contributed by atoms with Crippen LogP contribution in [0.1, 0.15) is 27.8 Å². The molecule has 1 unspecified atom stereocenters. The van der Waals surface area contributed by atoms with Gasteiger partial charge in [0, 0.05) is 30.4 Å². The van der Waals surface area contributed by atoms with E-state index in [0.29, 0.717) is 36.4 Å². The van der Waals surface area contributed by atoms with Gasteiger partial charge in [0.25, 0.3) is 5.91 Å². The molecule has 7 nitrogen and oxygen atoms in total. The van der Waals surface area contributed by atoms with Gasteiger partial charge >= 0.3 is 0 Å². The Balaban J connectivity index is 1.72. The fourth-order valence-corrected chi connectivity index (χ4v) is 3.37. The Morgan fingerprint density at radius 1 is 1.29 bits per heavy atom. The van der Waals surface area contributed by atoms with Crippen LogP contribution < -0.4 is 10.2 Å². The third-order valence-electron chi connectivity index (χ3n) is 4.68. The molecule has 0 aliphatic carbocycles. The summed E-state index contributed by atoms with van der Waals surface area (Å²) in [6, 6.07) is 9.40. The van der Waals surface area contributed by atoms with E-state index in [9.17, 15) is 4.79 Å². The Labute approximate surface area is 170 Å². The molecule has 2 aromatic rings. The lowest BCUT2D eigenvalue weighted by atomic mass is 10.1. The normalized spacial score (nSPS) is 15.5. The first-order valence-corrected chi connectivity index (χ1v) is 9.70. The summed E-state index contributed by atoms with van der Waals surface area (Å²) < 4.78 is 5.38. The Bertz CT molecular complexity index is 824. The molecule has 1 N–H and O–H groups in total. The molecule has 0 saturated carbocycles. The third kappa shape index (κ3) is 5.19. The number of likely N-dealkylation sites (N-methyl/N-ethyl adjacent to an activating group) is 1. The second kappa shape index (κ2) is 9.32. The number of nitrogens with one attached hydrogen (secondary N) is 1. The quantitative estimate of drug-likeness (QED) is 0.798. The topological polar surface area (TPSA) is 70.6 Å². The molecule has 1 amide bonds. The van der Waals surface area contributed by atoms with Crippen LogP contribution in [0.5, 0.6) is 0 Å². The van der Waals surface area contributed by atoms with Crippen molar-refractivity contribution in [3.05, 3.63) is 52.3 Å². The van der Waals surface area contributed by atoms with Crippen LogP contribution in [0.3, 0.4) is 0 Å². The number of ether oxygens (including phenoxy) is 1. The molecule has 28 heavy (non-hydrogen) atoms. The van der Waals surface area contributed by atoms with Crippen LogP contribution >= 0.6 is 11.6 Å². The molecule has 0 bridgehead atoms. The highest BCUT2D eigenvalue weighted by molar-refractivity contribution is 6.30. The summed E-state index contributed by atoms with van der Waals surface area (Å²) in [5.74, 6) is 0.362.